The number of benzene rings is 4. The van der Waals surface area contributed by atoms with E-state index in [1.807, 2.05) is 37.3 Å². The number of carbonyl (C=O) groups is 2. The van der Waals surface area contributed by atoms with Gasteiger partial charge in [-0.1, -0.05) is 79.2 Å². The summed E-state index contributed by atoms with van der Waals surface area (Å²) < 4.78 is 42.5. The van der Waals surface area contributed by atoms with Crippen molar-refractivity contribution in [1.82, 2.24) is 10.2 Å². The number of carbonyl (C=O) groups excluding carboxylic acids is 2. The number of rotatable bonds is 13. The second-order valence-corrected chi connectivity index (χ2v) is 12.2. The molecule has 0 bridgehead atoms. The predicted octanol–water partition coefficient (Wildman–Crippen LogP) is 5.84. The molecule has 224 valence electrons. The largest absolute Gasteiger partial charge is 0.354 e. The molecule has 0 radical (unpaired) electrons. The fourth-order valence-corrected chi connectivity index (χ4v) is 6.12. The van der Waals surface area contributed by atoms with Gasteiger partial charge in [-0.2, -0.15) is 0 Å². The van der Waals surface area contributed by atoms with Crippen molar-refractivity contribution in [2.45, 2.75) is 37.2 Å². The van der Waals surface area contributed by atoms with Crippen LogP contribution in [0.15, 0.2) is 114 Å². The van der Waals surface area contributed by atoms with Gasteiger partial charge in [0.15, 0.2) is 0 Å². The van der Waals surface area contributed by atoms with Crippen LogP contribution in [0, 0.1) is 5.82 Å². The fraction of sp³-hybridized carbons (Fsp3) is 0.212. The van der Waals surface area contributed by atoms with Crippen LogP contribution in [0.25, 0.3) is 0 Å². The average Bonchev–Trinajstić information content (AvgIpc) is 3.02. The highest BCUT2D eigenvalue weighted by Crippen LogP contribution is 2.25. The molecule has 0 fully saturated rings. The van der Waals surface area contributed by atoms with Gasteiger partial charge >= 0.3 is 0 Å². The maximum Gasteiger partial charge on any atom is 0.264 e. The average molecular weight is 622 g/mol. The lowest BCUT2D eigenvalue weighted by molar-refractivity contribution is -0.140. The van der Waals surface area contributed by atoms with Gasteiger partial charge in [0.05, 0.1) is 10.6 Å². The van der Waals surface area contributed by atoms with Gasteiger partial charge < -0.3 is 10.2 Å². The summed E-state index contributed by atoms with van der Waals surface area (Å²) in [7, 11) is -4.25. The Morgan fingerprint density at radius 1 is 0.837 bits per heavy atom. The molecule has 7 nitrogen and oxygen atoms in total. The third kappa shape index (κ3) is 8.43. The number of nitrogens with one attached hydrogen (secondary N) is 1. The number of halogens is 2. The van der Waals surface area contributed by atoms with Gasteiger partial charge in [-0.15, -0.1) is 0 Å². The summed E-state index contributed by atoms with van der Waals surface area (Å²) in [5.74, 6) is -1.51. The molecular formula is C33H33ClFN3O4S. The van der Waals surface area contributed by atoms with Crippen LogP contribution in [0.3, 0.4) is 0 Å². The molecule has 0 saturated heterocycles. The van der Waals surface area contributed by atoms with Crippen molar-refractivity contribution in [3.63, 3.8) is 0 Å². The van der Waals surface area contributed by atoms with Crippen molar-refractivity contribution in [1.29, 1.82) is 0 Å². The van der Waals surface area contributed by atoms with Gasteiger partial charge in [0.25, 0.3) is 10.0 Å². The minimum absolute atomic E-state index is 0.0235. The van der Waals surface area contributed by atoms with E-state index in [0.29, 0.717) is 23.6 Å². The molecule has 2 amide bonds. The Balaban J connectivity index is 1.78. The molecule has 0 unspecified atom stereocenters. The summed E-state index contributed by atoms with van der Waals surface area (Å²) in [6.45, 7) is 1.74. The molecule has 0 aliphatic carbocycles. The van der Waals surface area contributed by atoms with E-state index in [9.17, 15) is 22.4 Å². The van der Waals surface area contributed by atoms with Crippen molar-refractivity contribution >= 4 is 39.1 Å². The topological polar surface area (TPSA) is 86.8 Å². The van der Waals surface area contributed by atoms with E-state index in [1.54, 1.807) is 42.5 Å². The zero-order chi connectivity index (χ0) is 30.8. The molecule has 4 aromatic carbocycles. The standard InChI is InChI=1S/C33H33ClFN3O4S/c1-2-21-36-33(40)31(22-25-9-5-3-6-10-25)37(23-26-13-15-27(34)16-14-26)32(39)24-38(29-19-17-28(35)18-20-29)43(41,42)30-11-7-4-8-12-30/h3-20,31H,2,21-24H2,1H3,(H,36,40)/t31-/m0/s1. The van der Waals surface area contributed by atoms with Gasteiger partial charge in [-0.3, -0.25) is 13.9 Å². The van der Waals surface area contributed by atoms with Crippen LogP contribution in [0.2, 0.25) is 5.02 Å². The quantitative estimate of drug-likeness (QED) is 0.203. The number of anilines is 1. The van der Waals surface area contributed by atoms with Crippen LogP contribution in [-0.2, 0) is 32.6 Å². The highest BCUT2D eigenvalue weighted by atomic mass is 35.5. The Bertz CT molecular complexity index is 1600. The molecule has 43 heavy (non-hydrogen) atoms. The third-order valence-corrected chi connectivity index (χ3v) is 8.85. The minimum Gasteiger partial charge on any atom is -0.354 e. The second kappa shape index (κ2) is 14.8. The summed E-state index contributed by atoms with van der Waals surface area (Å²) in [5, 5.41) is 3.42. The molecule has 4 rings (SSSR count). The predicted molar refractivity (Wildman–Crippen MR) is 167 cm³/mol. The van der Waals surface area contributed by atoms with Crippen LogP contribution in [0.5, 0.6) is 0 Å². The van der Waals surface area contributed by atoms with Crippen LogP contribution in [0.4, 0.5) is 10.1 Å². The number of nitrogens with zero attached hydrogens (tertiary/aromatic N) is 2. The maximum absolute atomic E-state index is 14.3. The lowest BCUT2D eigenvalue weighted by Gasteiger charge is -2.34. The van der Waals surface area contributed by atoms with E-state index in [0.717, 1.165) is 22.0 Å². The lowest BCUT2D eigenvalue weighted by Crippen LogP contribution is -2.53. The number of hydrogen-bond donors (Lipinski definition) is 1. The molecule has 4 aromatic rings. The zero-order valence-corrected chi connectivity index (χ0v) is 25.3. The van der Waals surface area contributed by atoms with E-state index in [-0.39, 0.29) is 29.5 Å². The summed E-state index contributed by atoms with van der Waals surface area (Å²) >= 11 is 6.10. The van der Waals surface area contributed by atoms with Crippen molar-refractivity contribution in [3.8, 4) is 0 Å². The lowest BCUT2D eigenvalue weighted by atomic mass is 10.0. The summed E-state index contributed by atoms with van der Waals surface area (Å²) in [4.78, 5) is 29.3. The van der Waals surface area contributed by atoms with Gasteiger partial charge in [-0.25, -0.2) is 12.8 Å². The Morgan fingerprint density at radius 2 is 1.44 bits per heavy atom. The summed E-state index contributed by atoms with van der Waals surface area (Å²) in [6, 6.07) is 27.8. The fourth-order valence-electron chi connectivity index (χ4n) is 4.56. The molecule has 0 heterocycles. The molecular weight excluding hydrogens is 589 g/mol. The third-order valence-electron chi connectivity index (χ3n) is 6.81. The van der Waals surface area contributed by atoms with Crippen molar-refractivity contribution in [3.05, 3.63) is 131 Å². The van der Waals surface area contributed by atoms with Gasteiger partial charge in [0, 0.05) is 24.5 Å². The first kappa shape index (κ1) is 31.7. The van der Waals surface area contributed by atoms with Crippen LogP contribution in [-0.4, -0.2) is 44.3 Å². The number of hydrogen-bond acceptors (Lipinski definition) is 4. The first-order valence-corrected chi connectivity index (χ1v) is 15.7. The molecule has 10 heteroatoms. The number of sulfonamides is 1. The molecule has 1 atom stereocenters. The number of amides is 2. The first-order valence-electron chi connectivity index (χ1n) is 13.9. The molecule has 0 spiro atoms. The molecule has 0 aliphatic heterocycles. The maximum atomic E-state index is 14.3. The van der Waals surface area contributed by atoms with Crippen molar-refractivity contribution in [2.24, 2.45) is 0 Å². The molecule has 1 N–H and O–H groups in total. The van der Waals surface area contributed by atoms with Gasteiger partial charge in [-0.05, 0) is 66.1 Å². The highest BCUT2D eigenvalue weighted by Gasteiger charge is 2.34. The van der Waals surface area contributed by atoms with Crippen molar-refractivity contribution < 1.29 is 22.4 Å². The van der Waals surface area contributed by atoms with Crippen LogP contribution >= 0.6 is 11.6 Å². The van der Waals surface area contributed by atoms with E-state index in [4.69, 9.17) is 11.6 Å². The summed E-state index contributed by atoms with van der Waals surface area (Å²) in [5.41, 5.74) is 1.65. The smallest absolute Gasteiger partial charge is 0.264 e. The van der Waals surface area contributed by atoms with Crippen molar-refractivity contribution in [2.75, 3.05) is 17.4 Å². The van der Waals surface area contributed by atoms with Gasteiger partial charge in [0.2, 0.25) is 11.8 Å². The minimum atomic E-state index is -4.25. The van der Waals surface area contributed by atoms with E-state index in [1.165, 1.54) is 29.2 Å². The van der Waals surface area contributed by atoms with Crippen LogP contribution < -0.4 is 9.62 Å². The Morgan fingerprint density at radius 3 is 2.05 bits per heavy atom. The molecule has 0 aromatic heterocycles. The van der Waals surface area contributed by atoms with E-state index >= 15 is 0 Å². The molecule has 0 aliphatic rings. The monoisotopic (exact) mass is 621 g/mol. The van der Waals surface area contributed by atoms with E-state index in [2.05, 4.69) is 5.32 Å². The van der Waals surface area contributed by atoms with Crippen LogP contribution in [0.1, 0.15) is 24.5 Å². The normalized spacial score (nSPS) is 11.9. The summed E-state index contributed by atoms with van der Waals surface area (Å²) in [6.07, 6.45) is 0.903. The Labute approximate surface area is 257 Å². The van der Waals surface area contributed by atoms with Gasteiger partial charge in [0.1, 0.15) is 18.4 Å². The molecule has 0 saturated carbocycles. The second-order valence-electron chi connectivity index (χ2n) is 9.95. The first-order chi connectivity index (χ1) is 20.7. The zero-order valence-electron chi connectivity index (χ0n) is 23.7. The Hall–Kier alpha value is -4.21. The SMILES string of the molecule is CCCNC(=O)[C@H](Cc1ccccc1)N(Cc1ccc(Cl)cc1)C(=O)CN(c1ccc(F)cc1)S(=O)(=O)c1ccccc1. The Kier molecular flexibility index (Phi) is 10.9. The highest BCUT2D eigenvalue weighted by molar-refractivity contribution is 7.92. The van der Waals surface area contributed by atoms with E-state index < -0.39 is 34.3 Å².